The van der Waals surface area contributed by atoms with Crippen molar-refractivity contribution in [3.8, 4) is 0 Å². The molecule has 2 aliphatic heterocycles. The highest BCUT2D eigenvalue weighted by Crippen LogP contribution is 2.37. The van der Waals surface area contributed by atoms with Crippen molar-refractivity contribution in [1.29, 1.82) is 0 Å². The van der Waals surface area contributed by atoms with Gasteiger partial charge in [0.25, 0.3) is 11.8 Å². The molecule has 0 unspecified atom stereocenters. The number of fused-ring (bicyclic) bond motifs is 2. The number of carboxylic acid groups (broad SMARTS) is 1. The Morgan fingerprint density at radius 3 is 2.86 bits per heavy atom. The lowest BCUT2D eigenvalue weighted by molar-refractivity contribution is -0.595. The Labute approximate surface area is 204 Å². The molecule has 0 saturated carbocycles. The summed E-state index contributed by atoms with van der Waals surface area (Å²) >= 11 is 1.14. The normalized spacial score (nSPS) is 21.7. The minimum atomic E-state index is -1.41. The molecular formula is C23H24N6O5S. The summed E-state index contributed by atoms with van der Waals surface area (Å²) in [5.41, 5.74) is 8.43. The van der Waals surface area contributed by atoms with E-state index < -0.39 is 29.9 Å². The van der Waals surface area contributed by atoms with Gasteiger partial charge in [-0.3, -0.25) is 14.5 Å². The van der Waals surface area contributed by atoms with Crippen molar-refractivity contribution in [3.05, 3.63) is 46.4 Å². The molecule has 5 rings (SSSR count). The SMILES string of the molecule is CO/N=C(\C(=O)N[C@@H]1C(=O)N2C(C(=O)[O-])=C([n+]3cccc4c3CCCC4)CC[C@H]12)c1csc(N)n1. The van der Waals surface area contributed by atoms with Gasteiger partial charge >= 0.3 is 0 Å². The summed E-state index contributed by atoms with van der Waals surface area (Å²) in [4.78, 5) is 48.3. The van der Waals surface area contributed by atoms with E-state index in [0.29, 0.717) is 18.5 Å². The number of β-lactam (4-membered cyclic amide) rings is 1. The number of hydrogen-bond donors (Lipinski definition) is 2. The molecule has 2 amide bonds. The summed E-state index contributed by atoms with van der Waals surface area (Å²) in [5.74, 6) is -2.59. The standard InChI is InChI=1S/C23H24N6O5S/c1-34-27-17(13-11-35-23(24)25-13)20(30)26-18-15-8-9-16(19(22(32)33)29(15)21(18)31)28-10-4-6-12-5-2-3-7-14(12)28/h4,6,10-11,15,18H,2-3,5,7-9H2,1H3,(H3-,24,25,26,30,32,33)/b27-17-/t15-,18+/m1/s1. The molecule has 2 aromatic heterocycles. The van der Waals surface area contributed by atoms with Crippen molar-refractivity contribution in [1.82, 2.24) is 15.2 Å². The maximum atomic E-state index is 13.1. The topological polar surface area (TPSA) is 154 Å². The molecule has 35 heavy (non-hydrogen) atoms. The van der Waals surface area contributed by atoms with Crippen LogP contribution in [0.15, 0.2) is 34.6 Å². The van der Waals surface area contributed by atoms with Crippen molar-refractivity contribution in [2.24, 2.45) is 5.16 Å². The number of nitrogens with two attached hydrogens (primary N) is 1. The van der Waals surface area contributed by atoms with Gasteiger partial charge in [-0.2, -0.15) is 4.57 Å². The minimum Gasteiger partial charge on any atom is -0.543 e. The van der Waals surface area contributed by atoms with Crippen LogP contribution in [0.4, 0.5) is 5.13 Å². The van der Waals surface area contributed by atoms with Crippen molar-refractivity contribution in [2.75, 3.05) is 12.8 Å². The van der Waals surface area contributed by atoms with E-state index in [1.54, 1.807) is 5.38 Å². The van der Waals surface area contributed by atoms with Crippen LogP contribution in [0.2, 0.25) is 0 Å². The fourth-order valence-corrected chi connectivity index (χ4v) is 5.67. The van der Waals surface area contributed by atoms with E-state index >= 15 is 0 Å². The Hall–Kier alpha value is -3.80. The third kappa shape index (κ3) is 3.93. The van der Waals surface area contributed by atoms with Crippen LogP contribution >= 0.6 is 11.3 Å². The largest absolute Gasteiger partial charge is 0.543 e. The first-order valence-corrected chi connectivity index (χ1v) is 12.2. The zero-order chi connectivity index (χ0) is 24.7. The van der Waals surface area contributed by atoms with E-state index in [1.165, 1.54) is 17.6 Å². The number of allylic oxidation sites excluding steroid dienone is 1. The highest BCUT2D eigenvalue weighted by Gasteiger charge is 2.54. The molecule has 3 aliphatic rings. The highest BCUT2D eigenvalue weighted by atomic mass is 32.1. The van der Waals surface area contributed by atoms with Crippen LogP contribution in [0.1, 0.15) is 42.6 Å². The summed E-state index contributed by atoms with van der Waals surface area (Å²) in [5, 5.41) is 20.4. The number of aryl methyl sites for hydroxylation is 1. The van der Waals surface area contributed by atoms with E-state index in [4.69, 9.17) is 10.6 Å². The molecule has 12 heteroatoms. The molecule has 182 valence electrons. The second-order valence-corrected chi connectivity index (χ2v) is 9.49. The lowest BCUT2D eigenvalue weighted by Gasteiger charge is -2.50. The third-order valence-corrected chi connectivity index (χ3v) is 7.32. The van der Waals surface area contributed by atoms with Crippen LogP contribution in [0.3, 0.4) is 0 Å². The molecule has 0 bridgehead atoms. The number of nitrogen functional groups attached to an aromatic ring is 1. The summed E-state index contributed by atoms with van der Waals surface area (Å²) < 4.78 is 1.91. The first-order chi connectivity index (χ1) is 16.9. The number of nitrogens with one attached hydrogen (secondary N) is 1. The molecule has 1 saturated heterocycles. The van der Waals surface area contributed by atoms with Crippen molar-refractivity contribution < 1.29 is 28.9 Å². The Balaban J connectivity index is 1.42. The fourth-order valence-electron chi connectivity index (χ4n) is 5.12. The molecular weight excluding hydrogens is 472 g/mol. The van der Waals surface area contributed by atoms with Gasteiger partial charge in [-0.15, -0.1) is 11.3 Å². The second-order valence-electron chi connectivity index (χ2n) is 8.60. The lowest BCUT2D eigenvalue weighted by atomic mass is 9.84. The molecule has 4 heterocycles. The van der Waals surface area contributed by atoms with Gasteiger partial charge < -0.3 is 25.8 Å². The Morgan fingerprint density at radius 1 is 1.34 bits per heavy atom. The van der Waals surface area contributed by atoms with Gasteiger partial charge in [0.15, 0.2) is 22.7 Å². The fraction of sp³-hybridized carbons (Fsp3) is 0.391. The van der Waals surface area contributed by atoms with Crippen LogP contribution in [0.5, 0.6) is 0 Å². The average molecular weight is 497 g/mol. The molecule has 2 atom stereocenters. The predicted octanol–water partition coefficient (Wildman–Crippen LogP) is -0.650. The highest BCUT2D eigenvalue weighted by molar-refractivity contribution is 7.13. The number of aliphatic carboxylic acids is 1. The van der Waals surface area contributed by atoms with Crippen LogP contribution in [-0.2, 0) is 32.1 Å². The third-order valence-electron chi connectivity index (χ3n) is 6.65. The van der Waals surface area contributed by atoms with Crippen molar-refractivity contribution >= 4 is 45.7 Å². The van der Waals surface area contributed by atoms with Gasteiger partial charge in [0.05, 0.1) is 12.0 Å². The first-order valence-electron chi connectivity index (χ1n) is 11.3. The molecule has 1 aliphatic carbocycles. The number of nitrogens with zero attached hydrogens (tertiary/aromatic N) is 4. The van der Waals surface area contributed by atoms with Gasteiger partial charge in [0, 0.05) is 29.9 Å². The zero-order valence-electron chi connectivity index (χ0n) is 19.0. The number of carbonyl (C=O) groups excluding carboxylic acids is 3. The number of aromatic nitrogens is 2. The number of amides is 2. The summed E-state index contributed by atoms with van der Waals surface area (Å²) in [7, 11) is 1.29. The number of anilines is 1. The van der Waals surface area contributed by atoms with Crippen LogP contribution in [0, 0.1) is 0 Å². The number of pyridine rings is 1. The smallest absolute Gasteiger partial charge is 0.276 e. The number of thiazole rings is 1. The molecule has 2 aromatic rings. The second kappa shape index (κ2) is 9.10. The van der Waals surface area contributed by atoms with Crippen LogP contribution in [-0.4, -0.2) is 52.6 Å². The molecule has 3 N–H and O–H groups in total. The van der Waals surface area contributed by atoms with E-state index in [-0.39, 0.29) is 22.2 Å². The summed E-state index contributed by atoms with van der Waals surface area (Å²) in [6.45, 7) is 0. The summed E-state index contributed by atoms with van der Waals surface area (Å²) in [6.07, 6.45) is 6.67. The van der Waals surface area contributed by atoms with E-state index in [1.807, 2.05) is 16.8 Å². The van der Waals surface area contributed by atoms with Crippen LogP contribution < -0.4 is 20.7 Å². The molecule has 1 fully saturated rings. The maximum absolute atomic E-state index is 13.1. The Kier molecular flexibility index (Phi) is 5.97. The predicted molar refractivity (Wildman–Crippen MR) is 123 cm³/mol. The summed E-state index contributed by atoms with van der Waals surface area (Å²) in [6, 6.07) is 2.56. The van der Waals surface area contributed by atoms with Gasteiger partial charge in [0.1, 0.15) is 24.5 Å². The zero-order valence-corrected chi connectivity index (χ0v) is 19.8. The first kappa shape index (κ1) is 23.0. The van der Waals surface area contributed by atoms with Crippen molar-refractivity contribution in [2.45, 2.75) is 50.6 Å². The number of oxime groups is 1. The molecule has 0 aromatic carbocycles. The number of carboxylic acids is 1. The Bertz CT molecular complexity index is 1280. The molecule has 0 spiro atoms. The van der Waals surface area contributed by atoms with E-state index in [2.05, 4.69) is 21.5 Å². The van der Waals surface area contributed by atoms with Gasteiger partial charge in [-0.05, 0) is 31.7 Å². The molecule has 0 radical (unpaired) electrons. The lowest BCUT2D eigenvalue weighted by Crippen LogP contribution is -2.73. The number of rotatable bonds is 6. The molecule has 11 nitrogen and oxygen atoms in total. The maximum Gasteiger partial charge on any atom is 0.276 e. The van der Waals surface area contributed by atoms with Gasteiger partial charge in [0.2, 0.25) is 5.70 Å². The van der Waals surface area contributed by atoms with Crippen molar-refractivity contribution in [3.63, 3.8) is 0 Å². The quantitative estimate of drug-likeness (QED) is 0.233. The minimum absolute atomic E-state index is 0.120. The van der Waals surface area contributed by atoms with E-state index in [0.717, 1.165) is 42.7 Å². The monoisotopic (exact) mass is 496 g/mol. The number of carbonyl (C=O) groups is 3. The van der Waals surface area contributed by atoms with Gasteiger partial charge in [-0.25, -0.2) is 4.98 Å². The van der Waals surface area contributed by atoms with E-state index in [9.17, 15) is 19.5 Å². The van der Waals surface area contributed by atoms with Gasteiger partial charge in [-0.1, -0.05) is 5.16 Å². The Morgan fingerprint density at radius 2 is 2.14 bits per heavy atom. The number of hydrogen-bond acceptors (Lipinski definition) is 9. The average Bonchev–Trinajstić information content (AvgIpc) is 3.29. The van der Waals surface area contributed by atoms with Crippen LogP contribution in [0.25, 0.3) is 5.70 Å².